The fraction of sp³-hybridized carbons (Fsp3) is 0.430. The molecule has 1 unspecified atom stereocenters. The summed E-state index contributed by atoms with van der Waals surface area (Å²) in [6.45, 7) is 8.53. The van der Waals surface area contributed by atoms with Crippen molar-refractivity contribution in [1.82, 2.24) is 40.3 Å². The van der Waals surface area contributed by atoms with Gasteiger partial charge in [-0.3, -0.25) is 38.4 Å². The monoisotopic (exact) mass is 1520 g/mol. The molecule has 1 saturated carbocycles. The number of amides is 7. The smallest absolute Gasteiger partial charge is 0.416 e. The third-order valence-electron chi connectivity index (χ3n) is 22.6. The number of carbonyl (C=O) groups excluding carboxylic acids is 9. The molecule has 7 aromatic rings. The molecule has 1 spiro atoms. The number of hydrogen-bond donors (Lipinski definition) is 3. The Morgan fingerprint density at radius 3 is 2.11 bits per heavy atom. The van der Waals surface area contributed by atoms with Gasteiger partial charge in [0.2, 0.25) is 23.6 Å². The van der Waals surface area contributed by atoms with Gasteiger partial charge in [0, 0.05) is 92.7 Å². The van der Waals surface area contributed by atoms with Crippen LogP contribution in [0.3, 0.4) is 0 Å². The van der Waals surface area contributed by atoms with Gasteiger partial charge in [-0.2, -0.15) is 0 Å². The zero-order valence-corrected chi connectivity index (χ0v) is 64.4. The number of ketones is 2. The molecule has 6 aliphatic heterocycles. The Morgan fingerprint density at radius 2 is 1.39 bits per heavy atom. The SMILES string of the molecule is COc1ccc(C2=CN3C(=O)c4cc(OC)c(OCCCOc5cc6c(cc5OC)C(=O)N5CC7(CC7)C[C@H]5C(O)N6C(=O)OCc5ccc(CC(=O)[C@H](CC(C)C)NC(=O)[C@@H]6CCCN6C(=O)CNC(=O)CCC(=O)CCC(=O)N6Cc7ccccc7-c7nnn(C(C)C)c7-c7ccccc76)cc5)cc4CC[C@@H]3C2)cc1. The van der Waals surface area contributed by atoms with Gasteiger partial charge < -0.3 is 63.8 Å². The fourth-order valence-corrected chi connectivity index (χ4v) is 16.4. The minimum Gasteiger partial charge on any atom is -0.497 e. The maximum atomic E-state index is 14.6. The molecule has 0 bridgehead atoms. The lowest BCUT2D eigenvalue weighted by molar-refractivity contribution is -0.139. The summed E-state index contributed by atoms with van der Waals surface area (Å²) < 4.78 is 37.4. The van der Waals surface area contributed by atoms with E-state index in [0.717, 1.165) is 81.1 Å². The highest BCUT2D eigenvalue weighted by Crippen LogP contribution is 2.57. The lowest BCUT2D eigenvalue weighted by atomic mass is 9.95. The topological polar surface area (TPSA) is 300 Å². The van der Waals surface area contributed by atoms with Gasteiger partial charge in [-0.05, 0) is 153 Å². The first-order valence-electron chi connectivity index (χ1n) is 38.8. The normalized spacial score (nSPS) is 18.6. The van der Waals surface area contributed by atoms with Gasteiger partial charge in [0.05, 0.1) is 82.3 Å². The van der Waals surface area contributed by atoms with Crippen molar-refractivity contribution < 1.29 is 76.7 Å². The fourth-order valence-electron chi connectivity index (χ4n) is 16.4. The van der Waals surface area contributed by atoms with Crippen LogP contribution < -0.4 is 44.1 Å². The number of rotatable bonds is 28. The van der Waals surface area contributed by atoms with Crippen LogP contribution in [-0.2, 0) is 59.5 Å². The molecule has 7 amide bonds. The molecule has 26 heteroatoms. The second-order valence-corrected chi connectivity index (χ2v) is 31.0. The number of aryl methyl sites for hydroxylation is 1. The van der Waals surface area contributed by atoms with Crippen molar-refractivity contribution in [2.45, 2.75) is 174 Å². The van der Waals surface area contributed by atoms with Gasteiger partial charge in [-0.1, -0.05) is 97.9 Å². The number of para-hydroxylation sites is 1. The number of fused-ring (bicyclic) bond motifs is 9. The lowest BCUT2D eigenvalue weighted by Crippen LogP contribution is -2.52. The molecule has 586 valence electrons. The Bertz CT molecular complexity index is 4820. The molecule has 14 rings (SSSR count). The van der Waals surface area contributed by atoms with Crippen molar-refractivity contribution in [2.24, 2.45) is 11.3 Å². The molecule has 26 nitrogen and oxygen atoms in total. The Morgan fingerprint density at radius 1 is 0.696 bits per heavy atom. The number of aliphatic hydroxyl groups excluding tert-OH is 1. The predicted octanol–water partition coefficient (Wildman–Crippen LogP) is 11.2. The molecule has 1 aromatic heterocycles. The average Bonchev–Trinajstić information content (AvgIpc) is 1.56. The number of hydrogen-bond acceptors (Lipinski definition) is 18. The second-order valence-electron chi connectivity index (χ2n) is 31.0. The number of Topliss-reactive ketones (excluding diaryl/α,β-unsaturated/α-hetero) is 2. The zero-order valence-electron chi connectivity index (χ0n) is 64.4. The molecule has 3 fully saturated rings. The van der Waals surface area contributed by atoms with E-state index in [2.05, 4.69) is 20.9 Å². The molecule has 1 aliphatic carbocycles. The lowest BCUT2D eigenvalue weighted by Gasteiger charge is -2.31. The Hall–Kier alpha value is -11.4. The number of nitrogens with one attached hydrogen (secondary N) is 2. The van der Waals surface area contributed by atoms with E-state index in [-0.39, 0.29) is 140 Å². The molecular weight excluding hydrogens is 1430 g/mol. The van der Waals surface area contributed by atoms with Crippen LogP contribution in [0.4, 0.5) is 16.2 Å². The summed E-state index contributed by atoms with van der Waals surface area (Å²) in [7, 11) is 4.62. The first kappa shape index (κ1) is 77.3. The van der Waals surface area contributed by atoms with E-state index in [4.69, 9.17) is 28.4 Å². The molecule has 7 aliphatic rings. The summed E-state index contributed by atoms with van der Waals surface area (Å²) >= 11 is 0. The number of carbonyl (C=O) groups is 9. The van der Waals surface area contributed by atoms with Crippen LogP contribution in [0.1, 0.15) is 166 Å². The number of benzene rings is 6. The van der Waals surface area contributed by atoms with Gasteiger partial charge in [0.25, 0.3) is 11.8 Å². The van der Waals surface area contributed by atoms with E-state index >= 15 is 0 Å². The minimum absolute atomic E-state index is 0.00217. The molecule has 2 saturated heterocycles. The number of likely N-dealkylation sites (tertiary alicyclic amines) is 1. The zero-order chi connectivity index (χ0) is 78.6. The molecule has 7 heterocycles. The number of ether oxygens (including phenoxy) is 6. The van der Waals surface area contributed by atoms with Gasteiger partial charge in [-0.25, -0.2) is 14.4 Å². The standard InChI is InChI=1S/C86H96N10O16/c1-51(2)38-66(88-81(102)68-18-12-35-91(68)78(101)46-87-76(99)31-27-60(97)28-32-77(100)93-47-57-14-8-9-15-62(57)79-80(96(52(3)4)90-89-79)63-16-10-11-17-67(63)93)71(98)39-53-19-21-54(22-20-53)49-112-85(106)95-69-44-75(73(109-7)43-65(69)83(104)94-50-86(33-34-86)45-70(94)84(95)105)111-37-13-36-110-74-41-56-23-26-59-40-58(55-24-29-61(107-5)30-25-55)48-92(59)82(103)64(56)42-72(74)108-6/h8-11,14-17,19-22,24-25,29-30,41-44,48,51-52,59,66,68,70,84,105H,12-13,18,23,26-28,31-40,45-47,49-50H2,1-7H3,(H,87,99)(H,88,102)/t59-,66+,68+,70+,84?/m1/s1. The highest BCUT2D eigenvalue weighted by atomic mass is 16.6. The third-order valence-corrected chi connectivity index (χ3v) is 22.6. The first-order chi connectivity index (χ1) is 54.1. The molecular formula is C86H96N10O16. The second kappa shape index (κ2) is 33.3. The Kier molecular flexibility index (Phi) is 23.0. The molecule has 6 aromatic carbocycles. The van der Waals surface area contributed by atoms with E-state index in [1.165, 1.54) is 31.3 Å². The van der Waals surface area contributed by atoms with Gasteiger partial charge >= 0.3 is 6.09 Å². The van der Waals surface area contributed by atoms with E-state index in [9.17, 15) is 48.3 Å². The van der Waals surface area contributed by atoms with E-state index in [0.29, 0.717) is 78.9 Å². The highest BCUT2D eigenvalue weighted by Gasteiger charge is 2.58. The summed E-state index contributed by atoms with van der Waals surface area (Å²) in [6, 6.07) is 34.3. The van der Waals surface area contributed by atoms with E-state index in [1.54, 1.807) is 47.2 Å². The van der Waals surface area contributed by atoms with Crippen molar-refractivity contribution in [3.8, 4) is 51.3 Å². The number of methoxy groups -OCH3 is 3. The maximum absolute atomic E-state index is 14.6. The highest BCUT2D eigenvalue weighted by molar-refractivity contribution is 6.07. The van der Waals surface area contributed by atoms with E-state index < -0.39 is 54.7 Å². The molecule has 3 N–H and O–H groups in total. The number of aliphatic hydroxyl groups is 1. The Labute approximate surface area is 650 Å². The van der Waals surface area contributed by atoms with Crippen LogP contribution in [0.15, 0.2) is 128 Å². The van der Waals surface area contributed by atoms with Crippen molar-refractivity contribution in [3.63, 3.8) is 0 Å². The van der Waals surface area contributed by atoms with Crippen LogP contribution in [-0.4, -0.2) is 172 Å². The number of aromatic nitrogens is 3. The molecule has 0 radical (unpaired) electrons. The van der Waals surface area contributed by atoms with Crippen LogP contribution in [0.5, 0.6) is 28.7 Å². The van der Waals surface area contributed by atoms with Crippen molar-refractivity contribution >= 4 is 70.1 Å². The summed E-state index contributed by atoms with van der Waals surface area (Å²) in [5, 5.41) is 26.9. The molecule has 112 heavy (non-hydrogen) atoms. The quantitative estimate of drug-likeness (QED) is 0.0384. The number of nitrogens with zero attached hydrogens (tertiary/aromatic N) is 8. The predicted molar refractivity (Wildman–Crippen MR) is 415 cm³/mol. The summed E-state index contributed by atoms with van der Waals surface area (Å²) in [6.07, 6.45) is 4.99. The van der Waals surface area contributed by atoms with E-state index in [1.807, 2.05) is 122 Å². The van der Waals surface area contributed by atoms with Crippen LogP contribution in [0.2, 0.25) is 0 Å². The van der Waals surface area contributed by atoms with Crippen molar-refractivity contribution in [1.29, 1.82) is 0 Å². The summed E-state index contributed by atoms with van der Waals surface area (Å²) in [5.74, 6) is -0.652. The summed E-state index contributed by atoms with van der Waals surface area (Å²) in [4.78, 5) is 134. The summed E-state index contributed by atoms with van der Waals surface area (Å²) in [5.41, 5.74) is 9.54. The maximum Gasteiger partial charge on any atom is 0.416 e. The van der Waals surface area contributed by atoms with Crippen molar-refractivity contribution in [3.05, 3.63) is 166 Å². The molecule has 5 atom stereocenters. The van der Waals surface area contributed by atoms with Gasteiger partial charge in [0.1, 0.15) is 29.9 Å². The van der Waals surface area contributed by atoms with Crippen molar-refractivity contribution in [2.75, 3.05) is 64.0 Å². The van der Waals surface area contributed by atoms with Gasteiger partial charge in [0.15, 0.2) is 35.0 Å². The largest absolute Gasteiger partial charge is 0.497 e. The first-order valence-corrected chi connectivity index (χ1v) is 38.8. The average molecular weight is 1530 g/mol. The van der Waals surface area contributed by atoms with Gasteiger partial charge in [-0.15, -0.1) is 5.10 Å². The van der Waals surface area contributed by atoms with Crippen LogP contribution >= 0.6 is 0 Å². The van der Waals surface area contributed by atoms with Crippen LogP contribution in [0.25, 0.3) is 28.1 Å². The van der Waals surface area contributed by atoms with Crippen LogP contribution in [0, 0.1) is 11.3 Å². The Balaban J connectivity index is 0.556. The number of anilines is 2. The third kappa shape index (κ3) is 16.4. The minimum atomic E-state index is -1.48.